The van der Waals surface area contributed by atoms with Gasteiger partial charge in [-0.2, -0.15) is 5.11 Å². The van der Waals surface area contributed by atoms with Crippen molar-refractivity contribution in [3.63, 3.8) is 0 Å². The molecule has 1 aliphatic heterocycles. The summed E-state index contributed by atoms with van der Waals surface area (Å²) in [6, 6.07) is 0. The highest BCUT2D eigenvalue weighted by molar-refractivity contribution is 5.97. The zero-order valence-electron chi connectivity index (χ0n) is 7.53. The average molecular weight is 185 g/mol. The molecule has 72 valence electrons. The van der Waals surface area contributed by atoms with E-state index in [1.54, 1.807) is 0 Å². The largest absolute Gasteiger partial charge is 0.447 e. The molecule has 1 N–H and O–H groups in total. The van der Waals surface area contributed by atoms with E-state index in [9.17, 15) is 9.59 Å². The van der Waals surface area contributed by atoms with E-state index in [1.165, 1.54) is 13.8 Å². The highest BCUT2D eigenvalue weighted by atomic mass is 16.6. The van der Waals surface area contributed by atoms with Gasteiger partial charge in [-0.15, -0.1) is 0 Å². The monoisotopic (exact) mass is 185 g/mol. The van der Waals surface area contributed by atoms with E-state index in [0.29, 0.717) is 0 Å². The number of nitrogens with one attached hydrogen (secondary N) is 1. The van der Waals surface area contributed by atoms with Crippen LogP contribution in [0, 0.1) is 5.53 Å². The fourth-order valence-electron chi connectivity index (χ4n) is 0.956. The molecule has 1 aliphatic rings. The molecule has 1 fully saturated rings. The molecule has 0 radical (unpaired) electrons. The Morgan fingerprint density at radius 3 is 2.69 bits per heavy atom. The van der Waals surface area contributed by atoms with Crippen LogP contribution in [-0.2, 0) is 9.53 Å². The third kappa shape index (κ3) is 1.66. The summed E-state index contributed by atoms with van der Waals surface area (Å²) in [6.45, 7) is 3.43. The van der Waals surface area contributed by atoms with Gasteiger partial charge in [-0.25, -0.2) is 15.2 Å². The SMILES string of the molecule is CC(C)(N=N)C(=O)N1CCOC1=O. The van der Waals surface area contributed by atoms with Crippen molar-refractivity contribution in [3.05, 3.63) is 0 Å². The molecule has 1 saturated heterocycles. The zero-order chi connectivity index (χ0) is 10.1. The van der Waals surface area contributed by atoms with E-state index in [-0.39, 0.29) is 13.2 Å². The number of nitrogens with zero attached hydrogens (tertiary/aromatic N) is 2. The molecule has 6 heteroatoms. The van der Waals surface area contributed by atoms with Crippen molar-refractivity contribution in [2.75, 3.05) is 13.2 Å². The Morgan fingerprint density at radius 2 is 2.31 bits per heavy atom. The standard InChI is InChI=1S/C7H11N3O3/c1-7(2,9-8)5(11)10-3-4-13-6(10)12/h8H,3-4H2,1-2H3. The first-order valence-electron chi connectivity index (χ1n) is 3.86. The lowest BCUT2D eigenvalue weighted by molar-refractivity contribution is -0.132. The predicted molar refractivity (Wildman–Crippen MR) is 42.3 cm³/mol. The lowest BCUT2D eigenvalue weighted by Gasteiger charge is -2.20. The van der Waals surface area contributed by atoms with Crippen LogP contribution in [-0.4, -0.2) is 35.6 Å². The van der Waals surface area contributed by atoms with Crippen LogP contribution in [0.3, 0.4) is 0 Å². The number of imide groups is 1. The Hall–Kier alpha value is -1.46. The van der Waals surface area contributed by atoms with Crippen molar-refractivity contribution in [1.82, 2.24) is 4.90 Å². The number of carbonyl (C=O) groups excluding carboxylic acids is 2. The molecule has 1 rings (SSSR count). The van der Waals surface area contributed by atoms with Crippen LogP contribution in [0.15, 0.2) is 5.11 Å². The van der Waals surface area contributed by atoms with Crippen LogP contribution in [0.1, 0.15) is 13.8 Å². The molecule has 0 unspecified atom stereocenters. The summed E-state index contributed by atoms with van der Waals surface area (Å²) >= 11 is 0. The van der Waals surface area contributed by atoms with Crippen LogP contribution < -0.4 is 0 Å². The first-order chi connectivity index (χ1) is 5.99. The Balaban J connectivity index is 2.78. The number of hydrogen-bond donors (Lipinski definition) is 1. The minimum atomic E-state index is -1.18. The van der Waals surface area contributed by atoms with Crippen molar-refractivity contribution >= 4 is 12.0 Å². The van der Waals surface area contributed by atoms with Crippen molar-refractivity contribution < 1.29 is 14.3 Å². The maximum absolute atomic E-state index is 11.5. The summed E-state index contributed by atoms with van der Waals surface area (Å²) in [5.41, 5.74) is 5.61. The predicted octanol–water partition coefficient (Wildman–Crippen LogP) is 0.775. The van der Waals surface area contributed by atoms with E-state index >= 15 is 0 Å². The summed E-state index contributed by atoms with van der Waals surface area (Å²) in [6.07, 6.45) is -0.651. The van der Waals surface area contributed by atoms with Gasteiger partial charge in [0.1, 0.15) is 6.61 Å². The number of ether oxygens (including phenoxy) is 1. The summed E-state index contributed by atoms with van der Waals surface area (Å²) in [4.78, 5) is 23.4. The minimum absolute atomic E-state index is 0.221. The number of cyclic esters (lactones) is 1. The van der Waals surface area contributed by atoms with Crippen LogP contribution in [0.4, 0.5) is 4.79 Å². The minimum Gasteiger partial charge on any atom is -0.447 e. The number of carbonyl (C=O) groups is 2. The second kappa shape index (κ2) is 3.12. The normalized spacial score (nSPS) is 17.1. The molecule has 0 bridgehead atoms. The van der Waals surface area contributed by atoms with Crippen molar-refractivity contribution in [3.8, 4) is 0 Å². The van der Waals surface area contributed by atoms with Crippen molar-refractivity contribution in [1.29, 1.82) is 5.53 Å². The molecule has 0 aliphatic carbocycles. The molecule has 13 heavy (non-hydrogen) atoms. The molecule has 0 atom stereocenters. The van der Waals surface area contributed by atoms with Gasteiger partial charge in [0.25, 0.3) is 5.91 Å². The van der Waals surface area contributed by atoms with Gasteiger partial charge in [0.05, 0.1) is 6.54 Å². The summed E-state index contributed by atoms with van der Waals surface area (Å²) in [7, 11) is 0. The lowest BCUT2D eigenvalue weighted by atomic mass is 10.1. The molecule has 2 amide bonds. The average Bonchev–Trinajstić information content (AvgIpc) is 2.50. The summed E-state index contributed by atoms with van der Waals surface area (Å²) in [5.74, 6) is -0.495. The van der Waals surface area contributed by atoms with Crippen molar-refractivity contribution in [2.24, 2.45) is 5.11 Å². The highest BCUT2D eigenvalue weighted by Crippen LogP contribution is 2.16. The number of rotatable bonds is 2. The Morgan fingerprint density at radius 1 is 1.69 bits per heavy atom. The van der Waals surface area contributed by atoms with Gasteiger partial charge < -0.3 is 4.74 Å². The van der Waals surface area contributed by atoms with Gasteiger partial charge in [0, 0.05) is 0 Å². The maximum atomic E-state index is 11.5. The molecule has 6 nitrogen and oxygen atoms in total. The molecule has 0 spiro atoms. The molecular weight excluding hydrogens is 174 g/mol. The molecule has 0 aromatic carbocycles. The zero-order valence-corrected chi connectivity index (χ0v) is 7.53. The van der Waals surface area contributed by atoms with Gasteiger partial charge in [0.15, 0.2) is 5.54 Å². The summed E-state index contributed by atoms with van der Waals surface area (Å²) in [5, 5.41) is 3.15. The second-order valence-electron chi connectivity index (χ2n) is 3.24. The fraction of sp³-hybridized carbons (Fsp3) is 0.714. The molecule has 0 aromatic heterocycles. The topological polar surface area (TPSA) is 82.8 Å². The first kappa shape index (κ1) is 9.63. The van der Waals surface area contributed by atoms with Gasteiger partial charge in [-0.3, -0.25) is 4.79 Å². The number of amides is 2. The van der Waals surface area contributed by atoms with Crippen LogP contribution in [0.25, 0.3) is 0 Å². The van der Waals surface area contributed by atoms with E-state index in [1.807, 2.05) is 0 Å². The second-order valence-corrected chi connectivity index (χ2v) is 3.24. The van der Waals surface area contributed by atoms with E-state index < -0.39 is 17.5 Å². The van der Waals surface area contributed by atoms with E-state index in [4.69, 9.17) is 5.53 Å². The lowest BCUT2D eigenvalue weighted by Crippen LogP contribution is -2.44. The smallest absolute Gasteiger partial charge is 0.416 e. The van der Waals surface area contributed by atoms with Gasteiger partial charge in [-0.1, -0.05) is 0 Å². The van der Waals surface area contributed by atoms with Gasteiger partial charge in [-0.05, 0) is 13.8 Å². The molecule has 1 heterocycles. The summed E-state index contributed by atoms with van der Waals surface area (Å²) < 4.78 is 4.59. The first-order valence-corrected chi connectivity index (χ1v) is 3.86. The Labute approximate surface area is 75.4 Å². The van der Waals surface area contributed by atoms with Crippen LogP contribution in [0.5, 0.6) is 0 Å². The Kier molecular flexibility index (Phi) is 2.31. The highest BCUT2D eigenvalue weighted by Gasteiger charge is 2.38. The Bertz CT molecular complexity index is 262. The number of hydrogen-bond acceptors (Lipinski definition) is 5. The van der Waals surface area contributed by atoms with E-state index in [2.05, 4.69) is 9.85 Å². The third-order valence-electron chi connectivity index (χ3n) is 1.81. The fourth-order valence-corrected chi connectivity index (χ4v) is 0.956. The molecular formula is C7H11N3O3. The van der Waals surface area contributed by atoms with Crippen LogP contribution in [0.2, 0.25) is 0 Å². The molecule has 0 aromatic rings. The van der Waals surface area contributed by atoms with Crippen LogP contribution >= 0.6 is 0 Å². The molecule has 0 saturated carbocycles. The van der Waals surface area contributed by atoms with Crippen molar-refractivity contribution in [2.45, 2.75) is 19.4 Å². The van der Waals surface area contributed by atoms with Gasteiger partial charge >= 0.3 is 6.09 Å². The maximum Gasteiger partial charge on any atom is 0.416 e. The van der Waals surface area contributed by atoms with Gasteiger partial charge in [0.2, 0.25) is 0 Å². The quantitative estimate of drug-likeness (QED) is 0.645. The van der Waals surface area contributed by atoms with E-state index in [0.717, 1.165) is 4.90 Å². The third-order valence-corrected chi connectivity index (χ3v) is 1.81.